The van der Waals surface area contributed by atoms with Crippen molar-refractivity contribution in [2.24, 2.45) is 4.99 Å². The molecule has 0 aliphatic heterocycles. The summed E-state index contributed by atoms with van der Waals surface area (Å²) in [5, 5.41) is 0.535. The van der Waals surface area contributed by atoms with E-state index in [0.717, 1.165) is 43.0 Å². The number of hydrogen-bond donors (Lipinski definition) is 0. The van der Waals surface area contributed by atoms with E-state index in [4.69, 9.17) is 21.1 Å². The predicted molar refractivity (Wildman–Crippen MR) is 118 cm³/mol. The van der Waals surface area contributed by atoms with Gasteiger partial charge in [-0.1, -0.05) is 12.1 Å². The standard InChI is InChI=1S/C22H19ClFN3O3S/c1-2-29-21(28)18-15-8-3-4-9-17(15)31-20(18)25-11-13-6-5-7-14(10-13)30-19-16(24)12-26-22(23)27-19/h5-7,10-12H,2-4,8-9H2,1H3. The Bertz CT molecular complexity index is 1150. The molecule has 2 heterocycles. The maximum atomic E-state index is 13.8. The molecule has 31 heavy (non-hydrogen) atoms. The smallest absolute Gasteiger partial charge is 0.341 e. The molecule has 3 aromatic rings. The number of thiophene rings is 1. The fraction of sp³-hybridized carbons (Fsp3) is 0.273. The Balaban J connectivity index is 1.60. The van der Waals surface area contributed by atoms with Crippen molar-refractivity contribution in [3.05, 3.63) is 63.1 Å². The summed E-state index contributed by atoms with van der Waals surface area (Å²) >= 11 is 7.25. The van der Waals surface area contributed by atoms with Crippen LogP contribution >= 0.6 is 22.9 Å². The molecule has 0 amide bonds. The molecule has 9 heteroatoms. The van der Waals surface area contributed by atoms with Crippen molar-refractivity contribution < 1.29 is 18.7 Å². The minimum atomic E-state index is -0.716. The Labute approximate surface area is 187 Å². The summed E-state index contributed by atoms with van der Waals surface area (Å²) in [5.74, 6) is -0.938. The van der Waals surface area contributed by atoms with E-state index >= 15 is 0 Å². The average Bonchev–Trinajstić information content (AvgIpc) is 3.14. The van der Waals surface area contributed by atoms with E-state index in [-0.39, 0.29) is 17.1 Å². The van der Waals surface area contributed by atoms with Gasteiger partial charge in [-0.3, -0.25) is 0 Å². The molecular weight excluding hydrogens is 441 g/mol. The van der Waals surface area contributed by atoms with Gasteiger partial charge in [-0.15, -0.1) is 11.3 Å². The van der Waals surface area contributed by atoms with Gasteiger partial charge in [0, 0.05) is 11.1 Å². The van der Waals surface area contributed by atoms with Crippen molar-refractivity contribution in [3.8, 4) is 11.6 Å². The maximum Gasteiger partial charge on any atom is 0.341 e. The minimum absolute atomic E-state index is 0.109. The number of nitrogens with zero attached hydrogens (tertiary/aromatic N) is 3. The lowest BCUT2D eigenvalue weighted by Gasteiger charge is -2.11. The normalized spacial score (nSPS) is 13.3. The van der Waals surface area contributed by atoms with Crippen molar-refractivity contribution in [3.63, 3.8) is 0 Å². The van der Waals surface area contributed by atoms with Gasteiger partial charge < -0.3 is 9.47 Å². The lowest BCUT2D eigenvalue weighted by molar-refractivity contribution is 0.0526. The number of halogens is 2. The maximum absolute atomic E-state index is 13.8. The lowest BCUT2D eigenvalue weighted by Crippen LogP contribution is -2.09. The second-order valence-corrected chi connectivity index (χ2v) is 8.26. The molecule has 160 valence electrons. The molecule has 0 saturated carbocycles. The molecule has 0 radical (unpaired) electrons. The number of esters is 1. The van der Waals surface area contributed by atoms with Crippen LogP contribution in [0, 0.1) is 5.82 Å². The van der Waals surface area contributed by atoms with Gasteiger partial charge in [-0.05, 0) is 67.5 Å². The first-order valence-electron chi connectivity index (χ1n) is 9.87. The molecule has 6 nitrogen and oxygen atoms in total. The Kier molecular flexibility index (Phi) is 6.58. The molecule has 4 rings (SSSR count). The van der Waals surface area contributed by atoms with Crippen LogP contribution in [0.4, 0.5) is 9.39 Å². The van der Waals surface area contributed by atoms with Crippen molar-refractivity contribution in [1.82, 2.24) is 9.97 Å². The van der Waals surface area contributed by atoms with Crippen LogP contribution in [0.1, 0.15) is 46.1 Å². The number of aromatic nitrogens is 2. The monoisotopic (exact) mass is 459 g/mol. The van der Waals surface area contributed by atoms with Gasteiger partial charge in [0.05, 0.1) is 18.4 Å². The SMILES string of the molecule is CCOC(=O)c1c(N=Cc2cccc(Oc3nc(Cl)ncc3F)c2)sc2c1CCCC2. The first-order valence-corrected chi connectivity index (χ1v) is 11.1. The third-order valence-corrected chi connectivity index (χ3v) is 6.10. The number of carbonyl (C=O) groups excluding carboxylic acids is 1. The average molecular weight is 460 g/mol. The van der Waals surface area contributed by atoms with Gasteiger partial charge in [-0.25, -0.2) is 14.8 Å². The molecule has 0 saturated heterocycles. The molecule has 0 spiro atoms. The molecule has 0 atom stereocenters. The summed E-state index contributed by atoms with van der Waals surface area (Å²) in [6, 6.07) is 6.94. The zero-order valence-electron chi connectivity index (χ0n) is 16.7. The molecule has 1 aromatic carbocycles. The summed E-state index contributed by atoms with van der Waals surface area (Å²) in [6.07, 6.45) is 6.59. The van der Waals surface area contributed by atoms with Crippen LogP contribution in [0.3, 0.4) is 0 Å². The molecule has 0 bridgehead atoms. The summed E-state index contributed by atoms with van der Waals surface area (Å²) < 4.78 is 24.6. The number of benzene rings is 1. The number of aryl methyl sites for hydroxylation is 1. The van der Waals surface area contributed by atoms with Crippen molar-refractivity contribution in [1.29, 1.82) is 0 Å². The van der Waals surface area contributed by atoms with Gasteiger partial charge in [0.15, 0.2) is 0 Å². The molecule has 1 aliphatic carbocycles. The van der Waals surface area contributed by atoms with Gasteiger partial charge in [-0.2, -0.15) is 9.37 Å². The van der Waals surface area contributed by atoms with Crippen LogP contribution < -0.4 is 4.74 Å². The van der Waals surface area contributed by atoms with E-state index in [2.05, 4.69) is 15.0 Å². The quantitative estimate of drug-likeness (QED) is 0.259. The van der Waals surface area contributed by atoms with Crippen LogP contribution in [0.25, 0.3) is 0 Å². The van der Waals surface area contributed by atoms with E-state index in [9.17, 15) is 9.18 Å². The Morgan fingerprint density at radius 1 is 1.35 bits per heavy atom. The van der Waals surface area contributed by atoms with Crippen LogP contribution in [-0.4, -0.2) is 28.8 Å². The third kappa shape index (κ3) is 4.91. The van der Waals surface area contributed by atoms with Crippen molar-refractivity contribution in [2.75, 3.05) is 6.61 Å². The van der Waals surface area contributed by atoms with E-state index in [1.165, 1.54) is 16.2 Å². The number of fused-ring (bicyclic) bond motifs is 1. The topological polar surface area (TPSA) is 73.7 Å². The summed E-state index contributed by atoms with van der Waals surface area (Å²) in [7, 11) is 0. The highest BCUT2D eigenvalue weighted by atomic mass is 35.5. The van der Waals surface area contributed by atoms with Crippen LogP contribution in [0.2, 0.25) is 5.28 Å². The zero-order chi connectivity index (χ0) is 21.8. The summed E-state index contributed by atoms with van der Waals surface area (Å²) in [5.41, 5.74) is 2.36. The molecule has 2 aromatic heterocycles. The highest BCUT2D eigenvalue weighted by Crippen LogP contribution is 2.40. The second-order valence-electron chi connectivity index (χ2n) is 6.84. The number of aliphatic imine (C=N–C) groups is 1. The van der Waals surface area contributed by atoms with Gasteiger partial charge in [0.2, 0.25) is 11.1 Å². The first-order chi connectivity index (χ1) is 15.0. The Morgan fingerprint density at radius 2 is 2.19 bits per heavy atom. The highest BCUT2D eigenvalue weighted by Gasteiger charge is 2.26. The fourth-order valence-corrected chi connectivity index (χ4v) is 4.71. The first kappa shape index (κ1) is 21.4. The minimum Gasteiger partial charge on any atom is -0.462 e. The predicted octanol–water partition coefficient (Wildman–Crippen LogP) is 5.93. The molecule has 0 unspecified atom stereocenters. The number of rotatable bonds is 6. The highest BCUT2D eigenvalue weighted by molar-refractivity contribution is 7.16. The lowest BCUT2D eigenvalue weighted by atomic mass is 9.95. The van der Waals surface area contributed by atoms with E-state index in [0.29, 0.717) is 22.9 Å². The second kappa shape index (κ2) is 9.53. The molecule has 0 N–H and O–H groups in total. The zero-order valence-corrected chi connectivity index (χ0v) is 18.3. The molecule has 0 fully saturated rings. The number of hydrogen-bond acceptors (Lipinski definition) is 7. The van der Waals surface area contributed by atoms with E-state index in [1.807, 2.05) is 6.07 Å². The van der Waals surface area contributed by atoms with E-state index in [1.54, 1.807) is 31.3 Å². The van der Waals surface area contributed by atoms with Gasteiger partial charge in [0.25, 0.3) is 5.88 Å². The third-order valence-electron chi connectivity index (χ3n) is 4.72. The van der Waals surface area contributed by atoms with E-state index < -0.39 is 5.82 Å². The van der Waals surface area contributed by atoms with Crippen LogP contribution in [0.5, 0.6) is 11.6 Å². The summed E-state index contributed by atoms with van der Waals surface area (Å²) in [4.78, 5) is 25.7. The van der Waals surface area contributed by atoms with Gasteiger partial charge >= 0.3 is 5.97 Å². The van der Waals surface area contributed by atoms with Crippen molar-refractivity contribution >= 4 is 40.1 Å². The molecular formula is C22H19ClFN3O3S. The Morgan fingerprint density at radius 3 is 3.03 bits per heavy atom. The largest absolute Gasteiger partial charge is 0.462 e. The van der Waals surface area contributed by atoms with Crippen LogP contribution in [0.15, 0.2) is 35.5 Å². The molecule has 1 aliphatic rings. The number of ether oxygens (including phenoxy) is 2. The fourth-order valence-electron chi connectivity index (χ4n) is 3.36. The number of carbonyl (C=O) groups is 1. The van der Waals surface area contributed by atoms with Gasteiger partial charge in [0.1, 0.15) is 10.8 Å². The summed E-state index contributed by atoms with van der Waals surface area (Å²) in [6.45, 7) is 2.11. The van der Waals surface area contributed by atoms with Crippen LogP contribution in [-0.2, 0) is 17.6 Å². The van der Waals surface area contributed by atoms with Crippen molar-refractivity contribution in [2.45, 2.75) is 32.6 Å². The Hall–Kier alpha value is -2.84.